The predicted octanol–water partition coefficient (Wildman–Crippen LogP) is 2.95. The molecule has 8 heteroatoms. The van der Waals surface area contributed by atoms with E-state index in [2.05, 4.69) is 15.9 Å². The summed E-state index contributed by atoms with van der Waals surface area (Å²) in [6.45, 7) is -0.328. The van der Waals surface area contributed by atoms with Crippen molar-refractivity contribution in [2.45, 2.75) is 11.5 Å². The number of ether oxygens (including phenoxy) is 1. The van der Waals surface area contributed by atoms with Crippen LogP contribution in [0.5, 0.6) is 5.75 Å². The van der Waals surface area contributed by atoms with Crippen molar-refractivity contribution >= 4 is 26.0 Å². The second-order valence-corrected chi connectivity index (χ2v) is 6.54. The van der Waals surface area contributed by atoms with Gasteiger partial charge in [-0.2, -0.15) is 0 Å². The van der Waals surface area contributed by atoms with Gasteiger partial charge in [-0.3, -0.25) is 0 Å². The van der Waals surface area contributed by atoms with Crippen LogP contribution in [0.4, 0.5) is 8.78 Å². The zero-order valence-electron chi connectivity index (χ0n) is 10.5. The van der Waals surface area contributed by atoms with Gasteiger partial charge in [-0.15, -0.1) is 0 Å². The summed E-state index contributed by atoms with van der Waals surface area (Å²) >= 11 is 2.96. The average molecular weight is 378 g/mol. The second-order valence-electron chi connectivity index (χ2n) is 4.13. The fourth-order valence-electron chi connectivity index (χ4n) is 1.58. The number of primary sulfonamides is 1. The van der Waals surface area contributed by atoms with Crippen LogP contribution in [-0.4, -0.2) is 8.42 Å². The number of sulfonamides is 1. The van der Waals surface area contributed by atoms with E-state index in [-0.39, 0.29) is 27.3 Å². The van der Waals surface area contributed by atoms with Crippen molar-refractivity contribution in [2.75, 3.05) is 0 Å². The van der Waals surface area contributed by atoms with Crippen LogP contribution in [0, 0.1) is 11.6 Å². The lowest BCUT2D eigenvalue weighted by Crippen LogP contribution is -2.11. The second kappa shape index (κ2) is 6.08. The van der Waals surface area contributed by atoms with Crippen LogP contribution in [0.2, 0.25) is 0 Å². The van der Waals surface area contributed by atoms with Crippen LogP contribution in [0.3, 0.4) is 0 Å². The lowest BCUT2D eigenvalue weighted by molar-refractivity contribution is 0.292. The van der Waals surface area contributed by atoms with E-state index in [1.165, 1.54) is 30.3 Å². The molecule has 2 aromatic rings. The first-order chi connectivity index (χ1) is 9.79. The first-order valence-corrected chi connectivity index (χ1v) is 8.01. The topological polar surface area (TPSA) is 69.4 Å². The first kappa shape index (κ1) is 15.9. The molecule has 21 heavy (non-hydrogen) atoms. The summed E-state index contributed by atoms with van der Waals surface area (Å²) in [5.74, 6) is -1.20. The van der Waals surface area contributed by atoms with E-state index in [1.807, 2.05) is 0 Å². The number of hydrogen-bond acceptors (Lipinski definition) is 3. The van der Waals surface area contributed by atoms with Crippen LogP contribution >= 0.6 is 15.9 Å². The highest BCUT2D eigenvalue weighted by molar-refractivity contribution is 9.10. The van der Waals surface area contributed by atoms with Gasteiger partial charge in [-0.05, 0) is 52.3 Å². The molecule has 0 saturated heterocycles. The molecule has 0 fully saturated rings. The van der Waals surface area contributed by atoms with Gasteiger partial charge in [0.25, 0.3) is 0 Å². The molecular weight excluding hydrogens is 368 g/mol. The van der Waals surface area contributed by atoms with Crippen molar-refractivity contribution in [1.29, 1.82) is 0 Å². The van der Waals surface area contributed by atoms with Gasteiger partial charge < -0.3 is 4.74 Å². The molecule has 0 unspecified atom stereocenters. The van der Waals surface area contributed by atoms with Gasteiger partial charge in [0.2, 0.25) is 10.0 Å². The maximum absolute atomic E-state index is 13.7. The molecule has 0 radical (unpaired) electrons. The summed E-state index contributed by atoms with van der Waals surface area (Å²) in [7, 11) is -3.79. The maximum Gasteiger partial charge on any atom is 0.238 e. The number of halogens is 3. The fraction of sp³-hybridized carbons (Fsp3) is 0.0769. The van der Waals surface area contributed by atoms with Crippen molar-refractivity contribution in [1.82, 2.24) is 0 Å². The van der Waals surface area contributed by atoms with Crippen molar-refractivity contribution in [3.63, 3.8) is 0 Å². The van der Waals surface area contributed by atoms with E-state index in [0.29, 0.717) is 0 Å². The highest BCUT2D eigenvalue weighted by atomic mass is 79.9. The minimum Gasteiger partial charge on any atom is -0.489 e. The maximum atomic E-state index is 13.7. The number of rotatable bonds is 4. The third-order valence-corrected chi connectivity index (χ3v) is 4.22. The van der Waals surface area contributed by atoms with Crippen LogP contribution < -0.4 is 9.88 Å². The molecule has 0 aliphatic rings. The Hall–Kier alpha value is -1.51. The molecule has 2 N–H and O–H groups in total. The molecule has 0 spiro atoms. The summed E-state index contributed by atoms with van der Waals surface area (Å²) in [5.41, 5.74) is -0.222. The Bertz CT molecular complexity index is 764. The number of benzene rings is 2. The summed E-state index contributed by atoms with van der Waals surface area (Å²) in [5, 5.41) is 4.96. The summed E-state index contributed by atoms with van der Waals surface area (Å²) < 4.78 is 54.8. The SMILES string of the molecule is NS(=O)(=O)c1ccc(OCc2c(F)ccc(Br)c2F)cc1. The minimum absolute atomic E-state index is 0.0744. The van der Waals surface area contributed by atoms with Gasteiger partial charge in [0.1, 0.15) is 24.0 Å². The normalized spacial score (nSPS) is 11.4. The summed E-state index contributed by atoms with van der Waals surface area (Å²) in [6, 6.07) is 7.59. The number of nitrogens with two attached hydrogens (primary N) is 1. The van der Waals surface area contributed by atoms with E-state index in [4.69, 9.17) is 9.88 Å². The molecular formula is C13H10BrF2NO3S. The van der Waals surface area contributed by atoms with E-state index < -0.39 is 21.7 Å². The Morgan fingerprint density at radius 2 is 1.71 bits per heavy atom. The summed E-state index contributed by atoms with van der Waals surface area (Å²) in [4.78, 5) is -0.0744. The highest BCUT2D eigenvalue weighted by Gasteiger charge is 2.13. The molecule has 4 nitrogen and oxygen atoms in total. The molecule has 0 atom stereocenters. The third-order valence-electron chi connectivity index (χ3n) is 2.67. The van der Waals surface area contributed by atoms with Crippen molar-refractivity contribution in [3.8, 4) is 5.75 Å². The number of hydrogen-bond donors (Lipinski definition) is 1. The van der Waals surface area contributed by atoms with Crippen molar-refractivity contribution in [2.24, 2.45) is 5.14 Å². The van der Waals surface area contributed by atoms with Gasteiger partial charge in [0.15, 0.2) is 0 Å². The van der Waals surface area contributed by atoms with E-state index in [1.54, 1.807) is 0 Å². The largest absolute Gasteiger partial charge is 0.489 e. The third kappa shape index (κ3) is 3.78. The summed E-state index contributed by atoms with van der Waals surface area (Å²) in [6.07, 6.45) is 0. The molecule has 2 aromatic carbocycles. The Kier molecular flexibility index (Phi) is 4.60. The van der Waals surface area contributed by atoms with Gasteiger partial charge in [-0.1, -0.05) is 0 Å². The smallest absolute Gasteiger partial charge is 0.238 e. The molecule has 0 aliphatic heterocycles. The Morgan fingerprint density at radius 3 is 2.29 bits per heavy atom. The van der Waals surface area contributed by atoms with Crippen LogP contribution in [0.15, 0.2) is 45.8 Å². The van der Waals surface area contributed by atoms with Crippen LogP contribution in [0.25, 0.3) is 0 Å². The van der Waals surface area contributed by atoms with Crippen molar-refractivity contribution in [3.05, 3.63) is 58.1 Å². The van der Waals surface area contributed by atoms with Gasteiger partial charge in [-0.25, -0.2) is 22.3 Å². The molecule has 112 valence electrons. The van der Waals surface area contributed by atoms with Gasteiger partial charge in [0, 0.05) is 0 Å². The molecule has 0 aromatic heterocycles. The van der Waals surface area contributed by atoms with Gasteiger partial charge >= 0.3 is 0 Å². The molecule has 0 aliphatic carbocycles. The monoisotopic (exact) mass is 377 g/mol. The standard InChI is InChI=1S/C13H10BrF2NO3S/c14-11-5-6-12(15)10(13(11)16)7-20-8-1-3-9(4-2-8)21(17,18)19/h1-6H,7H2,(H2,17,18,19). The lowest BCUT2D eigenvalue weighted by atomic mass is 10.2. The molecule has 0 bridgehead atoms. The predicted molar refractivity (Wildman–Crippen MR) is 76.2 cm³/mol. The van der Waals surface area contributed by atoms with Crippen molar-refractivity contribution < 1.29 is 21.9 Å². The van der Waals surface area contributed by atoms with E-state index in [0.717, 1.165) is 6.07 Å². The average Bonchev–Trinajstić information content (AvgIpc) is 2.43. The van der Waals surface area contributed by atoms with Gasteiger partial charge in [0.05, 0.1) is 14.9 Å². The first-order valence-electron chi connectivity index (χ1n) is 5.67. The Labute approximate surface area is 128 Å². The van der Waals surface area contributed by atoms with E-state index >= 15 is 0 Å². The fourth-order valence-corrected chi connectivity index (χ4v) is 2.47. The molecule has 0 saturated carbocycles. The molecule has 0 amide bonds. The van der Waals surface area contributed by atoms with Crippen LogP contribution in [0.1, 0.15) is 5.56 Å². The Morgan fingerprint density at radius 1 is 1.10 bits per heavy atom. The quantitative estimate of drug-likeness (QED) is 0.832. The van der Waals surface area contributed by atoms with E-state index in [9.17, 15) is 17.2 Å². The minimum atomic E-state index is -3.79. The van der Waals surface area contributed by atoms with Crippen LogP contribution in [-0.2, 0) is 16.6 Å². The zero-order chi connectivity index (χ0) is 15.6. The Balaban J connectivity index is 2.16. The zero-order valence-corrected chi connectivity index (χ0v) is 12.9. The molecule has 0 heterocycles. The lowest BCUT2D eigenvalue weighted by Gasteiger charge is -2.09. The highest BCUT2D eigenvalue weighted by Crippen LogP contribution is 2.23. The molecule has 2 rings (SSSR count).